The van der Waals surface area contributed by atoms with Crippen LogP contribution in [0.3, 0.4) is 0 Å². The number of hydrogen-bond acceptors (Lipinski definition) is 5. The Morgan fingerprint density at radius 1 is 0.943 bits per heavy atom. The normalized spacial score (nSPS) is 18.1. The number of nitrogens with zero attached hydrogens (tertiary/aromatic N) is 3. The van der Waals surface area contributed by atoms with Gasteiger partial charge in [-0.1, -0.05) is 30.3 Å². The van der Waals surface area contributed by atoms with Crippen molar-refractivity contribution in [2.45, 2.75) is 25.7 Å². The molecule has 0 saturated carbocycles. The number of carbonyl (C=O) groups excluding carboxylic acids is 3. The average Bonchev–Trinajstić information content (AvgIpc) is 3.29. The van der Waals surface area contributed by atoms with Crippen molar-refractivity contribution in [3.05, 3.63) is 54.1 Å². The zero-order valence-corrected chi connectivity index (χ0v) is 20.4. The number of benzene rings is 2. The van der Waals surface area contributed by atoms with E-state index in [4.69, 9.17) is 9.47 Å². The molecule has 0 aliphatic carbocycles. The van der Waals surface area contributed by atoms with Crippen LogP contribution in [0, 0.1) is 5.92 Å². The maximum absolute atomic E-state index is 13.2. The van der Waals surface area contributed by atoms with E-state index in [1.165, 1.54) is 5.56 Å². The molecule has 4 rings (SSSR count). The first-order valence-electron chi connectivity index (χ1n) is 12.1. The Labute approximate surface area is 206 Å². The number of methoxy groups -OCH3 is 2. The van der Waals surface area contributed by atoms with E-state index in [9.17, 15) is 14.4 Å². The minimum atomic E-state index is -0.411. The van der Waals surface area contributed by atoms with Crippen molar-refractivity contribution in [2.75, 3.05) is 51.8 Å². The third-order valence-corrected chi connectivity index (χ3v) is 6.79. The van der Waals surface area contributed by atoms with Gasteiger partial charge in [-0.15, -0.1) is 0 Å². The zero-order chi connectivity index (χ0) is 24.8. The molecule has 2 aromatic carbocycles. The third kappa shape index (κ3) is 5.75. The Balaban J connectivity index is 1.28. The molecule has 0 bridgehead atoms. The number of carbonyl (C=O) groups is 3. The highest BCUT2D eigenvalue weighted by molar-refractivity contribution is 6.01. The van der Waals surface area contributed by atoms with Gasteiger partial charge in [0.2, 0.25) is 17.7 Å². The van der Waals surface area contributed by atoms with Crippen LogP contribution in [0.2, 0.25) is 0 Å². The Kier molecular flexibility index (Phi) is 7.90. The number of amides is 3. The largest absolute Gasteiger partial charge is 0.497 e. The summed E-state index contributed by atoms with van der Waals surface area (Å²) in [6.07, 6.45) is 2.38. The van der Waals surface area contributed by atoms with Gasteiger partial charge in [0.05, 0.1) is 25.8 Å². The first kappa shape index (κ1) is 24.6. The summed E-state index contributed by atoms with van der Waals surface area (Å²) >= 11 is 0. The molecule has 8 nitrogen and oxygen atoms in total. The van der Waals surface area contributed by atoms with Crippen molar-refractivity contribution in [3.63, 3.8) is 0 Å². The fourth-order valence-electron chi connectivity index (χ4n) is 4.79. The van der Waals surface area contributed by atoms with Gasteiger partial charge < -0.3 is 24.2 Å². The summed E-state index contributed by atoms with van der Waals surface area (Å²) in [5.74, 6) is 0.771. The average molecular weight is 480 g/mol. The van der Waals surface area contributed by atoms with E-state index in [1.807, 2.05) is 23.1 Å². The summed E-state index contributed by atoms with van der Waals surface area (Å²) in [7, 11) is 3.12. The van der Waals surface area contributed by atoms with Gasteiger partial charge in [0.15, 0.2) is 0 Å². The van der Waals surface area contributed by atoms with Gasteiger partial charge in [-0.2, -0.15) is 0 Å². The van der Waals surface area contributed by atoms with Crippen LogP contribution in [0.1, 0.15) is 24.8 Å². The van der Waals surface area contributed by atoms with E-state index in [1.54, 1.807) is 42.2 Å². The molecule has 2 aliphatic heterocycles. The molecule has 3 amide bonds. The lowest BCUT2D eigenvalue weighted by molar-refractivity contribution is -0.142. The molecule has 2 aliphatic rings. The van der Waals surface area contributed by atoms with E-state index < -0.39 is 5.92 Å². The lowest BCUT2D eigenvalue weighted by Crippen LogP contribution is -2.52. The maximum Gasteiger partial charge on any atom is 0.228 e. The molecule has 0 spiro atoms. The first-order valence-corrected chi connectivity index (χ1v) is 12.1. The van der Waals surface area contributed by atoms with E-state index >= 15 is 0 Å². The van der Waals surface area contributed by atoms with Crippen molar-refractivity contribution < 1.29 is 23.9 Å². The predicted molar refractivity (Wildman–Crippen MR) is 133 cm³/mol. The highest BCUT2D eigenvalue weighted by Crippen LogP contribution is 2.36. The van der Waals surface area contributed by atoms with Crippen molar-refractivity contribution in [3.8, 4) is 11.5 Å². The molecule has 8 heteroatoms. The van der Waals surface area contributed by atoms with Crippen LogP contribution in [0.4, 0.5) is 5.69 Å². The van der Waals surface area contributed by atoms with Gasteiger partial charge in [-0.3, -0.25) is 14.4 Å². The number of rotatable bonds is 8. The molecular formula is C27H33N3O5. The van der Waals surface area contributed by atoms with Gasteiger partial charge in [0.1, 0.15) is 11.5 Å². The van der Waals surface area contributed by atoms with E-state index in [0.717, 1.165) is 12.8 Å². The third-order valence-electron chi connectivity index (χ3n) is 6.79. The van der Waals surface area contributed by atoms with Gasteiger partial charge in [0, 0.05) is 51.6 Å². The molecule has 0 N–H and O–H groups in total. The van der Waals surface area contributed by atoms with Crippen molar-refractivity contribution >= 4 is 23.4 Å². The Morgan fingerprint density at radius 3 is 2.34 bits per heavy atom. The Bertz CT molecular complexity index is 1050. The van der Waals surface area contributed by atoms with E-state index in [2.05, 4.69) is 12.1 Å². The van der Waals surface area contributed by atoms with E-state index in [0.29, 0.717) is 56.3 Å². The van der Waals surface area contributed by atoms with Crippen molar-refractivity contribution in [2.24, 2.45) is 5.92 Å². The second-order valence-electron chi connectivity index (χ2n) is 8.99. The minimum Gasteiger partial charge on any atom is -0.497 e. The quantitative estimate of drug-likeness (QED) is 0.582. The van der Waals surface area contributed by atoms with Crippen molar-refractivity contribution in [1.82, 2.24) is 9.80 Å². The van der Waals surface area contributed by atoms with Crippen LogP contribution >= 0.6 is 0 Å². The van der Waals surface area contributed by atoms with Crippen LogP contribution in [0.25, 0.3) is 0 Å². The van der Waals surface area contributed by atoms with Crippen LogP contribution in [-0.2, 0) is 20.8 Å². The molecule has 186 valence electrons. The minimum absolute atomic E-state index is 0.0288. The zero-order valence-electron chi connectivity index (χ0n) is 20.4. The van der Waals surface area contributed by atoms with Crippen molar-refractivity contribution in [1.29, 1.82) is 0 Å². The molecule has 2 heterocycles. The molecule has 1 unspecified atom stereocenters. The molecule has 0 aromatic heterocycles. The van der Waals surface area contributed by atoms with Gasteiger partial charge >= 0.3 is 0 Å². The number of anilines is 1. The summed E-state index contributed by atoms with van der Waals surface area (Å²) in [4.78, 5) is 43.9. The lowest BCUT2D eigenvalue weighted by atomic mass is 10.1. The number of aryl methyl sites for hydroxylation is 1. The summed E-state index contributed by atoms with van der Waals surface area (Å²) in [5.41, 5.74) is 1.85. The fraction of sp³-hybridized carbons (Fsp3) is 0.444. The number of hydrogen-bond donors (Lipinski definition) is 0. The van der Waals surface area contributed by atoms with Crippen LogP contribution in [0.15, 0.2) is 48.5 Å². The van der Waals surface area contributed by atoms with Crippen LogP contribution in [0.5, 0.6) is 11.5 Å². The number of piperazine rings is 1. The second kappa shape index (κ2) is 11.3. The standard InChI is InChI=1S/C27H33N3O5/c1-34-22-11-12-24(35-2)23(18-22)30-19-21(17-26(30)32)27(33)29-15-13-28(14-16-29)25(31)10-6-9-20-7-4-3-5-8-20/h3-5,7-8,11-12,18,21H,6,9-10,13-17,19H2,1-2H3. The fourth-order valence-corrected chi connectivity index (χ4v) is 4.79. The first-order chi connectivity index (χ1) is 17.0. The summed E-state index contributed by atoms with van der Waals surface area (Å²) < 4.78 is 10.7. The molecule has 1 atom stereocenters. The topological polar surface area (TPSA) is 79.4 Å². The molecule has 35 heavy (non-hydrogen) atoms. The monoisotopic (exact) mass is 479 g/mol. The van der Waals surface area contributed by atoms with Gasteiger partial charge in [-0.25, -0.2) is 0 Å². The second-order valence-corrected chi connectivity index (χ2v) is 8.99. The molecular weight excluding hydrogens is 446 g/mol. The maximum atomic E-state index is 13.2. The van der Waals surface area contributed by atoms with Gasteiger partial charge in [0.25, 0.3) is 0 Å². The highest BCUT2D eigenvalue weighted by atomic mass is 16.5. The number of ether oxygens (including phenoxy) is 2. The predicted octanol–water partition coefficient (Wildman–Crippen LogP) is 2.75. The Morgan fingerprint density at radius 2 is 1.66 bits per heavy atom. The molecule has 2 fully saturated rings. The van der Waals surface area contributed by atoms with Crippen LogP contribution in [-0.4, -0.2) is 74.5 Å². The van der Waals surface area contributed by atoms with Crippen LogP contribution < -0.4 is 14.4 Å². The molecule has 2 aromatic rings. The summed E-state index contributed by atoms with van der Waals surface area (Å²) in [5, 5.41) is 0. The summed E-state index contributed by atoms with van der Waals surface area (Å²) in [6, 6.07) is 15.5. The Hall–Kier alpha value is -3.55. The SMILES string of the molecule is COc1ccc(OC)c(N2CC(C(=O)N3CCN(C(=O)CCCc4ccccc4)CC3)CC2=O)c1. The lowest BCUT2D eigenvalue weighted by Gasteiger charge is -2.36. The summed E-state index contributed by atoms with van der Waals surface area (Å²) in [6.45, 7) is 2.36. The molecule has 2 saturated heterocycles. The van der Waals surface area contributed by atoms with Gasteiger partial charge in [-0.05, 0) is 30.5 Å². The highest BCUT2D eigenvalue weighted by Gasteiger charge is 2.39. The van der Waals surface area contributed by atoms with E-state index in [-0.39, 0.29) is 24.1 Å². The molecule has 0 radical (unpaired) electrons. The smallest absolute Gasteiger partial charge is 0.228 e.